The molecule has 0 unspecified atom stereocenters. The molecule has 1 aliphatic rings. The first kappa shape index (κ1) is 21.8. The molecule has 8 heteroatoms. The van der Waals surface area contributed by atoms with Crippen LogP contribution < -0.4 is 10.5 Å². The van der Waals surface area contributed by atoms with E-state index in [2.05, 4.69) is 4.98 Å². The summed E-state index contributed by atoms with van der Waals surface area (Å²) in [5.74, 6) is -0.685. The van der Waals surface area contributed by atoms with E-state index in [9.17, 15) is 14.4 Å². The number of carbonyl (C=O) groups is 2. The van der Waals surface area contributed by atoms with Gasteiger partial charge in [-0.3, -0.25) is 9.59 Å². The Morgan fingerprint density at radius 1 is 1.00 bits per heavy atom. The summed E-state index contributed by atoms with van der Waals surface area (Å²) < 4.78 is 6.73. The van der Waals surface area contributed by atoms with Gasteiger partial charge < -0.3 is 24.1 Å². The summed E-state index contributed by atoms with van der Waals surface area (Å²) in [7, 11) is 1.66. The number of piperazine rings is 1. The van der Waals surface area contributed by atoms with Gasteiger partial charge in [0.1, 0.15) is 11.3 Å². The number of esters is 1. The van der Waals surface area contributed by atoms with Gasteiger partial charge in [-0.15, -0.1) is 0 Å². The molecule has 4 aromatic rings. The van der Waals surface area contributed by atoms with Crippen LogP contribution in [0.3, 0.4) is 0 Å². The van der Waals surface area contributed by atoms with Gasteiger partial charge in [0, 0.05) is 49.5 Å². The summed E-state index contributed by atoms with van der Waals surface area (Å²) in [5, 5.41) is 1.80. The molecule has 1 amide bonds. The Morgan fingerprint density at radius 3 is 2.44 bits per heavy atom. The summed E-state index contributed by atoms with van der Waals surface area (Å²) in [6, 6.07) is 17.2. The molecule has 3 heterocycles. The highest BCUT2D eigenvalue weighted by molar-refractivity contribution is 6.05. The third-order valence-electron chi connectivity index (χ3n) is 6.40. The third kappa shape index (κ3) is 3.61. The number of aromatic amines is 1. The molecule has 2 aromatic heterocycles. The number of ether oxygens (including phenoxy) is 1. The Balaban J connectivity index is 1.47. The largest absolute Gasteiger partial charge is 0.462 e. The molecule has 0 spiro atoms. The number of nitrogens with zero attached hydrogens (tertiary/aromatic N) is 3. The number of hydrogen-bond acceptors (Lipinski definition) is 5. The highest BCUT2D eigenvalue weighted by Gasteiger charge is 2.30. The first-order valence-electron chi connectivity index (χ1n) is 11.4. The average molecular weight is 459 g/mol. The zero-order valence-electron chi connectivity index (χ0n) is 19.2. The fourth-order valence-electron chi connectivity index (χ4n) is 4.69. The highest BCUT2D eigenvalue weighted by atomic mass is 16.5. The van der Waals surface area contributed by atoms with E-state index < -0.39 is 5.97 Å². The smallest absolute Gasteiger partial charge is 0.345 e. The molecular formula is C26H26N4O4. The quantitative estimate of drug-likeness (QED) is 0.475. The van der Waals surface area contributed by atoms with Crippen molar-refractivity contribution in [2.75, 3.05) is 37.7 Å². The monoisotopic (exact) mass is 458 g/mol. The molecule has 8 nitrogen and oxygen atoms in total. The minimum absolute atomic E-state index is 0.0402. The van der Waals surface area contributed by atoms with Gasteiger partial charge in [0.2, 0.25) is 0 Å². The molecule has 0 atom stereocenters. The molecule has 0 bridgehead atoms. The Morgan fingerprint density at radius 2 is 1.71 bits per heavy atom. The van der Waals surface area contributed by atoms with Crippen LogP contribution in [-0.4, -0.2) is 59.1 Å². The predicted octanol–water partition coefficient (Wildman–Crippen LogP) is 3.16. The third-order valence-corrected chi connectivity index (χ3v) is 6.40. The van der Waals surface area contributed by atoms with Crippen LogP contribution in [0.5, 0.6) is 0 Å². The van der Waals surface area contributed by atoms with Gasteiger partial charge in [-0.2, -0.15) is 0 Å². The van der Waals surface area contributed by atoms with E-state index >= 15 is 0 Å². The maximum absolute atomic E-state index is 13.2. The van der Waals surface area contributed by atoms with Crippen LogP contribution >= 0.6 is 0 Å². The van der Waals surface area contributed by atoms with Crippen molar-refractivity contribution in [1.29, 1.82) is 0 Å². The number of H-pyrrole nitrogens is 1. The van der Waals surface area contributed by atoms with Gasteiger partial charge in [-0.25, -0.2) is 4.79 Å². The summed E-state index contributed by atoms with van der Waals surface area (Å²) in [5.41, 5.74) is 2.46. The molecule has 1 fully saturated rings. The maximum atomic E-state index is 13.2. The Labute approximate surface area is 196 Å². The first-order chi connectivity index (χ1) is 16.5. The molecule has 0 radical (unpaired) electrons. The fourth-order valence-corrected chi connectivity index (χ4v) is 4.69. The van der Waals surface area contributed by atoms with E-state index in [1.165, 1.54) is 4.57 Å². The van der Waals surface area contributed by atoms with Crippen molar-refractivity contribution in [3.63, 3.8) is 0 Å². The zero-order valence-corrected chi connectivity index (χ0v) is 19.2. The van der Waals surface area contributed by atoms with Gasteiger partial charge >= 0.3 is 5.97 Å². The first-order valence-corrected chi connectivity index (χ1v) is 11.4. The maximum Gasteiger partial charge on any atom is 0.345 e. The lowest BCUT2D eigenvalue weighted by atomic mass is 10.1. The zero-order chi connectivity index (χ0) is 23.8. The van der Waals surface area contributed by atoms with Crippen LogP contribution in [0.4, 0.5) is 5.69 Å². The van der Waals surface area contributed by atoms with E-state index in [1.807, 2.05) is 59.5 Å². The number of aryl methyl sites for hydroxylation is 1. The molecule has 5 rings (SSSR count). The van der Waals surface area contributed by atoms with Crippen molar-refractivity contribution in [3.8, 4) is 0 Å². The SMILES string of the molecule is CCOC(=O)c1c(N2CCN(C(=O)c3cc4ccccc4[nH]3)CC2)c2ccccc2n(C)c1=O. The fraction of sp³-hybridized carbons (Fsp3) is 0.269. The number of amides is 1. The number of anilines is 1. The van der Waals surface area contributed by atoms with Crippen molar-refractivity contribution in [1.82, 2.24) is 14.5 Å². The second-order valence-corrected chi connectivity index (χ2v) is 8.37. The van der Waals surface area contributed by atoms with Crippen molar-refractivity contribution >= 4 is 39.4 Å². The number of hydrogen-bond donors (Lipinski definition) is 1. The van der Waals surface area contributed by atoms with Gasteiger partial charge in [-0.1, -0.05) is 36.4 Å². The van der Waals surface area contributed by atoms with Crippen molar-refractivity contribution < 1.29 is 14.3 Å². The van der Waals surface area contributed by atoms with Crippen LogP contribution in [-0.2, 0) is 11.8 Å². The number of benzene rings is 2. The van der Waals surface area contributed by atoms with E-state index in [1.54, 1.807) is 18.9 Å². The number of para-hydroxylation sites is 2. The Kier molecular flexibility index (Phi) is 5.57. The van der Waals surface area contributed by atoms with Gasteiger partial charge in [0.25, 0.3) is 11.5 Å². The van der Waals surface area contributed by atoms with Crippen LogP contribution in [0.25, 0.3) is 21.8 Å². The van der Waals surface area contributed by atoms with Crippen molar-refractivity contribution in [2.45, 2.75) is 6.92 Å². The van der Waals surface area contributed by atoms with Crippen molar-refractivity contribution in [3.05, 3.63) is 76.2 Å². The second-order valence-electron chi connectivity index (χ2n) is 8.37. The highest BCUT2D eigenvalue weighted by Crippen LogP contribution is 2.30. The van der Waals surface area contributed by atoms with Crippen LogP contribution in [0, 0.1) is 0 Å². The lowest BCUT2D eigenvalue weighted by Crippen LogP contribution is -2.49. The number of pyridine rings is 1. The number of fused-ring (bicyclic) bond motifs is 2. The van der Waals surface area contributed by atoms with E-state index in [-0.39, 0.29) is 23.6 Å². The summed E-state index contributed by atoms with van der Waals surface area (Å²) in [4.78, 5) is 46.2. The normalized spacial score (nSPS) is 14.1. The topological polar surface area (TPSA) is 87.6 Å². The van der Waals surface area contributed by atoms with E-state index in [0.29, 0.717) is 37.6 Å². The van der Waals surface area contributed by atoms with Crippen molar-refractivity contribution in [2.24, 2.45) is 7.05 Å². The minimum Gasteiger partial charge on any atom is -0.462 e. The van der Waals surface area contributed by atoms with E-state index in [4.69, 9.17) is 4.74 Å². The number of nitrogens with one attached hydrogen (secondary N) is 1. The Hall–Kier alpha value is -4.07. The lowest BCUT2D eigenvalue weighted by Gasteiger charge is -2.37. The predicted molar refractivity (Wildman–Crippen MR) is 132 cm³/mol. The molecule has 1 aliphatic heterocycles. The summed E-state index contributed by atoms with van der Waals surface area (Å²) in [6.45, 7) is 3.84. The molecule has 34 heavy (non-hydrogen) atoms. The van der Waals surface area contributed by atoms with Crippen LogP contribution in [0.2, 0.25) is 0 Å². The standard InChI is InChI=1S/C26H26N4O4/c1-3-34-26(33)22-23(18-9-5-7-11-21(18)28(2)25(22)32)29-12-14-30(15-13-29)24(31)20-16-17-8-4-6-10-19(17)27-20/h4-11,16,27H,3,12-15H2,1-2H3. The number of carbonyl (C=O) groups excluding carboxylic acids is 2. The molecule has 1 N–H and O–H groups in total. The molecule has 174 valence electrons. The van der Waals surface area contributed by atoms with E-state index in [0.717, 1.165) is 21.8 Å². The molecule has 1 saturated heterocycles. The molecule has 0 saturated carbocycles. The average Bonchev–Trinajstić information content (AvgIpc) is 3.30. The second kappa shape index (κ2) is 8.70. The number of aromatic nitrogens is 2. The molecule has 0 aliphatic carbocycles. The van der Waals surface area contributed by atoms with Gasteiger partial charge in [-0.05, 0) is 25.1 Å². The number of rotatable bonds is 4. The van der Waals surface area contributed by atoms with Crippen LogP contribution in [0.15, 0.2) is 59.4 Å². The Bertz CT molecular complexity index is 1430. The summed E-state index contributed by atoms with van der Waals surface area (Å²) >= 11 is 0. The van der Waals surface area contributed by atoms with Gasteiger partial charge in [0.15, 0.2) is 0 Å². The molecule has 2 aromatic carbocycles. The van der Waals surface area contributed by atoms with Gasteiger partial charge in [0.05, 0.1) is 17.8 Å². The minimum atomic E-state index is -0.625. The lowest BCUT2D eigenvalue weighted by molar-refractivity contribution is 0.0523. The summed E-state index contributed by atoms with van der Waals surface area (Å²) in [6.07, 6.45) is 0. The van der Waals surface area contributed by atoms with Crippen LogP contribution in [0.1, 0.15) is 27.8 Å². The molecular weight excluding hydrogens is 432 g/mol.